The molecule has 0 aliphatic carbocycles. The zero-order valence-corrected chi connectivity index (χ0v) is 18.1. The Hall–Kier alpha value is -2.51. The summed E-state index contributed by atoms with van der Waals surface area (Å²) in [6.45, 7) is 2.79. The van der Waals surface area contributed by atoms with Crippen molar-refractivity contribution in [3.05, 3.63) is 64.7 Å². The normalized spacial score (nSPS) is 18.5. The van der Waals surface area contributed by atoms with Crippen molar-refractivity contribution >= 4 is 6.08 Å². The minimum Gasteiger partial charge on any atom is -0.493 e. The van der Waals surface area contributed by atoms with E-state index in [0.29, 0.717) is 18.6 Å². The van der Waals surface area contributed by atoms with E-state index in [1.807, 2.05) is 18.2 Å². The average molecular weight is 447 g/mol. The van der Waals surface area contributed by atoms with Crippen LogP contribution in [0.25, 0.3) is 6.08 Å². The summed E-state index contributed by atoms with van der Waals surface area (Å²) in [5, 5.41) is 10.1. The molecule has 1 fully saturated rings. The number of nitrogens with zero attached hydrogens (tertiary/aromatic N) is 1. The van der Waals surface area contributed by atoms with Gasteiger partial charge in [0.05, 0.1) is 12.7 Å². The van der Waals surface area contributed by atoms with Crippen LogP contribution in [-0.4, -0.2) is 50.0 Å². The van der Waals surface area contributed by atoms with Crippen LogP contribution in [0.3, 0.4) is 0 Å². The third-order valence-corrected chi connectivity index (χ3v) is 6.50. The zero-order valence-electron chi connectivity index (χ0n) is 18.1. The van der Waals surface area contributed by atoms with Gasteiger partial charge >= 0.3 is 6.18 Å². The Morgan fingerprint density at radius 2 is 1.88 bits per heavy atom. The predicted octanol–water partition coefficient (Wildman–Crippen LogP) is 4.81. The number of aliphatic hydroxyl groups is 1. The van der Waals surface area contributed by atoms with Crippen molar-refractivity contribution in [3.8, 4) is 11.5 Å². The molecule has 172 valence electrons. The second-order valence-corrected chi connectivity index (χ2v) is 8.78. The minimum absolute atomic E-state index is 0.0317. The van der Waals surface area contributed by atoms with E-state index in [2.05, 4.69) is 11.0 Å². The van der Waals surface area contributed by atoms with Crippen LogP contribution in [0.4, 0.5) is 13.2 Å². The average Bonchev–Trinajstić information content (AvgIpc) is 2.79. The van der Waals surface area contributed by atoms with Crippen LogP contribution in [0.1, 0.15) is 29.5 Å². The molecular formula is C25H28F3NO3. The molecule has 0 atom stereocenters. The molecule has 1 N–H and O–H groups in total. The van der Waals surface area contributed by atoms with E-state index >= 15 is 0 Å². The van der Waals surface area contributed by atoms with E-state index in [1.165, 1.54) is 17.7 Å². The maximum Gasteiger partial charge on any atom is 0.416 e. The number of fused-ring (bicyclic) bond motifs is 1. The number of hydrogen-bond donors (Lipinski definition) is 1. The summed E-state index contributed by atoms with van der Waals surface area (Å²) in [6.07, 6.45) is -0.307. The number of alkyl halides is 3. The molecule has 0 aromatic heterocycles. The van der Waals surface area contributed by atoms with Gasteiger partial charge in [-0.1, -0.05) is 30.3 Å². The molecule has 2 aromatic carbocycles. The van der Waals surface area contributed by atoms with Crippen molar-refractivity contribution < 1.29 is 27.8 Å². The third kappa shape index (κ3) is 4.94. The minimum atomic E-state index is -4.36. The van der Waals surface area contributed by atoms with E-state index in [0.717, 1.165) is 55.6 Å². The number of aliphatic hydroxyl groups excluding tert-OH is 1. The standard InChI is InChI=1S/C25H28F3NO3/c1-31-22-7-3-5-20-12-19(16-32-23(20)22)15-29-10-8-24(17-30,9-11-29)14-18-4-2-6-21(13-18)25(26,27)28/h2-7,12-13,30H,8-11,14-17H2,1H3. The van der Waals surface area contributed by atoms with Crippen LogP contribution in [0.5, 0.6) is 11.5 Å². The van der Waals surface area contributed by atoms with Gasteiger partial charge in [-0.25, -0.2) is 0 Å². The third-order valence-electron chi connectivity index (χ3n) is 6.50. The molecule has 2 aromatic rings. The van der Waals surface area contributed by atoms with E-state index in [1.54, 1.807) is 13.2 Å². The van der Waals surface area contributed by atoms with Gasteiger partial charge in [-0.05, 0) is 67.1 Å². The topological polar surface area (TPSA) is 41.9 Å². The predicted molar refractivity (Wildman–Crippen MR) is 117 cm³/mol. The fraction of sp³-hybridized carbons (Fsp3) is 0.440. The molecule has 1 saturated heterocycles. The number of piperidine rings is 1. The lowest BCUT2D eigenvalue weighted by Crippen LogP contribution is -2.44. The van der Waals surface area contributed by atoms with E-state index in [4.69, 9.17) is 9.47 Å². The summed E-state index contributed by atoms with van der Waals surface area (Å²) in [7, 11) is 1.62. The second-order valence-electron chi connectivity index (χ2n) is 8.78. The first-order chi connectivity index (χ1) is 15.3. The molecule has 2 aliphatic rings. The second kappa shape index (κ2) is 9.16. The van der Waals surface area contributed by atoms with E-state index < -0.39 is 17.2 Å². The molecule has 32 heavy (non-hydrogen) atoms. The summed E-state index contributed by atoms with van der Waals surface area (Å²) in [5.41, 5.74) is 1.76. The molecule has 4 nitrogen and oxygen atoms in total. The fourth-order valence-corrected chi connectivity index (χ4v) is 4.63. The Balaban J connectivity index is 1.39. The lowest BCUT2D eigenvalue weighted by Gasteiger charge is -2.41. The Labute approximate surface area is 186 Å². The molecule has 0 bridgehead atoms. The summed E-state index contributed by atoms with van der Waals surface area (Å²) in [5.74, 6) is 1.48. The summed E-state index contributed by atoms with van der Waals surface area (Å²) >= 11 is 0. The van der Waals surface area contributed by atoms with Gasteiger partial charge in [-0.15, -0.1) is 0 Å². The van der Waals surface area contributed by atoms with Gasteiger partial charge in [0, 0.05) is 18.7 Å². The lowest BCUT2D eigenvalue weighted by atomic mass is 9.74. The van der Waals surface area contributed by atoms with Gasteiger partial charge in [-0.3, -0.25) is 4.90 Å². The summed E-state index contributed by atoms with van der Waals surface area (Å²) in [4.78, 5) is 2.32. The molecule has 2 aliphatic heterocycles. The maximum absolute atomic E-state index is 13.1. The maximum atomic E-state index is 13.1. The number of benzene rings is 2. The number of para-hydroxylation sites is 1. The number of hydrogen-bond acceptors (Lipinski definition) is 4. The monoisotopic (exact) mass is 447 g/mol. The molecule has 2 heterocycles. The first-order valence-electron chi connectivity index (χ1n) is 10.8. The number of rotatable bonds is 6. The quantitative estimate of drug-likeness (QED) is 0.690. The van der Waals surface area contributed by atoms with Gasteiger partial charge in [0.2, 0.25) is 0 Å². The van der Waals surface area contributed by atoms with Crippen molar-refractivity contribution in [2.75, 3.05) is 40.0 Å². The molecule has 0 spiro atoms. The number of ether oxygens (including phenoxy) is 2. The van der Waals surface area contributed by atoms with E-state index in [-0.39, 0.29) is 6.61 Å². The highest BCUT2D eigenvalue weighted by molar-refractivity contribution is 5.66. The van der Waals surface area contributed by atoms with Crippen LogP contribution < -0.4 is 9.47 Å². The summed E-state index contributed by atoms with van der Waals surface area (Å²) in [6, 6.07) is 11.3. The van der Waals surface area contributed by atoms with Crippen molar-refractivity contribution in [1.82, 2.24) is 4.90 Å². The lowest BCUT2D eigenvalue weighted by molar-refractivity contribution is -0.137. The molecule has 0 unspecified atom stereocenters. The molecule has 0 radical (unpaired) electrons. The van der Waals surface area contributed by atoms with E-state index in [9.17, 15) is 18.3 Å². The van der Waals surface area contributed by atoms with Gasteiger partial charge in [0.25, 0.3) is 0 Å². The Bertz CT molecular complexity index is 979. The summed E-state index contributed by atoms with van der Waals surface area (Å²) < 4.78 is 50.4. The number of methoxy groups -OCH3 is 1. The highest BCUT2D eigenvalue weighted by atomic mass is 19.4. The first kappa shape index (κ1) is 22.7. The number of likely N-dealkylation sites (tertiary alicyclic amines) is 1. The molecule has 0 saturated carbocycles. The highest BCUT2D eigenvalue weighted by Crippen LogP contribution is 2.38. The Morgan fingerprint density at radius 3 is 2.56 bits per heavy atom. The smallest absolute Gasteiger partial charge is 0.416 e. The largest absolute Gasteiger partial charge is 0.493 e. The molecule has 7 heteroatoms. The van der Waals surface area contributed by atoms with Crippen LogP contribution in [0.15, 0.2) is 48.0 Å². The number of halogens is 3. The molecular weight excluding hydrogens is 419 g/mol. The van der Waals surface area contributed by atoms with Crippen LogP contribution in [0, 0.1) is 5.41 Å². The van der Waals surface area contributed by atoms with Crippen LogP contribution >= 0.6 is 0 Å². The van der Waals surface area contributed by atoms with Crippen molar-refractivity contribution in [1.29, 1.82) is 0 Å². The van der Waals surface area contributed by atoms with Crippen LogP contribution in [-0.2, 0) is 12.6 Å². The zero-order chi connectivity index (χ0) is 22.8. The molecule has 4 rings (SSSR count). The van der Waals surface area contributed by atoms with Gasteiger partial charge < -0.3 is 14.6 Å². The molecule has 0 amide bonds. The first-order valence-corrected chi connectivity index (χ1v) is 10.8. The SMILES string of the molecule is COc1cccc2c1OCC(CN1CCC(CO)(Cc3cccc(C(F)(F)F)c3)CC1)=C2. The van der Waals surface area contributed by atoms with Gasteiger partial charge in [0.1, 0.15) is 6.61 Å². The van der Waals surface area contributed by atoms with Crippen molar-refractivity contribution in [3.63, 3.8) is 0 Å². The highest BCUT2D eigenvalue weighted by Gasteiger charge is 2.36. The van der Waals surface area contributed by atoms with Gasteiger partial charge in [-0.2, -0.15) is 13.2 Å². The van der Waals surface area contributed by atoms with Crippen molar-refractivity contribution in [2.45, 2.75) is 25.4 Å². The Kier molecular flexibility index (Phi) is 6.49. The Morgan fingerprint density at radius 1 is 1.12 bits per heavy atom. The van der Waals surface area contributed by atoms with Crippen molar-refractivity contribution in [2.24, 2.45) is 5.41 Å². The van der Waals surface area contributed by atoms with Crippen LogP contribution in [0.2, 0.25) is 0 Å². The fourth-order valence-electron chi connectivity index (χ4n) is 4.63. The van der Waals surface area contributed by atoms with Gasteiger partial charge in [0.15, 0.2) is 11.5 Å².